The van der Waals surface area contributed by atoms with Crippen LogP contribution >= 0.6 is 27.5 Å². The highest BCUT2D eigenvalue weighted by Gasteiger charge is 2.26. The average Bonchev–Trinajstić information content (AvgIpc) is 2.86. The van der Waals surface area contributed by atoms with Crippen molar-refractivity contribution in [1.29, 1.82) is 0 Å². The van der Waals surface area contributed by atoms with Gasteiger partial charge in [0.15, 0.2) is 5.75 Å². The van der Waals surface area contributed by atoms with E-state index in [2.05, 4.69) is 31.0 Å². The molecule has 3 aromatic rings. The summed E-state index contributed by atoms with van der Waals surface area (Å²) in [6.45, 7) is 0.101. The Morgan fingerprint density at radius 3 is 2.60 bits per heavy atom. The van der Waals surface area contributed by atoms with Gasteiger partial charge in [-0.05, 0) is 34.5 Å². The maximum Gasteiger partial charge on any atom is 0.389 e. The van der Waals surface area contributed by atoms with Crippen LogP contribution in [0.5, 0.6) is 11.8 Å². The van der Waals surface area contributed by atoms with Crippen molar-refractivity contribution >= 4 is 38.4 Å². The van der Waals surface area contributed by atoms with Crippen molar-refractivity contribution in [3.05, 3.63) is 40.2 Å². The number of nitrogens with zero attached hydrogens (tertiary/aromatic N) is 4. The van der Waals surface area contributed by atoms with E-state index < -0.39 is 12.6 Å². The lowest BCUT2D eigenvalue weighted by atomic mass is 10.2. The molecule has 0 bridgehead atoms. The van der Waals surface area contributed by atoms with Gasteiger partial charge in [-0.1, -0.05) is 17.7 Å². The highest BCUT2D eigenvalue weighted by atomic mass is 79.9. The molecule has 0 N–H and O–H groups in total. The average molecular weight is 436 g/mol. The monoisotopic (exact) mass is 434 g/mol. The van der Waals surface area contributed by atoms with Crippen LogP contribution in [0.3, 0.4) is 0 Å². The number of hydrogen-bond acceptors (Lipinski definition) is 4. The number of rotatable bonds is 5. The molecule has 2 aromatic heterocycles. The van der Waals surface area contributed by atoms with Gasteiger partial charge in [-0.3, -0.25) is 4.68 Å². The van der Waals surface area contributed by atoms with Crippen LogP contribution in [0.1, 0.15) is 12.8 Å². The van der Waals surface area contributed by atoms with Gasteiger partial charge in [-0.2, -0.15) is 18.3 Å². The Hall–Kier alpha value is -1.87. The molecule has 1 aromatic carbocycles. The fraction of sp³-hybridized carbons (Fsp3) is 0.267. The number of benzene rings is 1. The maximum atomic E-state index is 12.4. The van der Waals surface area contributed by atoms with E-state index in [4.69, 9.17) is 16.3 Å². The maximum absolute atomic E-state index is 12.4. The number of para-hydroxylation sites is 1. The highest BCUT2D eigenvalue weighted by molar-refractivity contribution is 9.10. The fourth-order valence-electron chi connectivity index (χ4n) is 2.29. The van der Waals surface area contributed by atoms with Gasteiger partial charge in [-0.15, -0.1) is 0 Å². The van der Waals surface area contributed by atoms with Crippen molar-refractivity contribution in [3.8, 4) is 11.8 Å². The molecule has 0 unspecified atom stereocenters. The minimum absolute atomic E-state index is 0.0797. The van der Waals surface area contributed by atoms with Gasteiger partial charge in [-0.25, -0.2) is 9.97 Å². The van der Waals surface area contributed by atoms with Crippen molar-refractivity contribution in [2.45, 2.75) is 25.6 Å². The third-order valence-corrected chi connectivity index (χ3v) is 4.10. The molecule has 0 aliphatic heterocycles. The Kier molecular flexibility index (Phi) is 5.14. The Labute approximate surface area is 153 Å². The molecular weight excluding hydrogens is 425 g/mol. The van der Waals surface area contributed by atoms with Gasteiger partial charge in [0.25, 0.3) is 0 Å². The molecule has 0 amide bonds. The number of alkyl halides is 3. The van der Waals surface area contributed by atoms with E-state index >= 15 is 0 Å². The van der Waals surface area contributed by atoms with E-state index in [1.165, 1.54) is 17.1 Å². The Bertz CT molecular complexity index is 883. The first kappa shape index (κ1) is 17.9. The Morgan fingerprint density at radius 2 is 1.92 bits per heavy atom. The molecule has 0 atom stereocenters. The first-order valence-electron chi connectivity index (χ1n) is 7.21. The second kappa shape index (κ2) is 7.17. The van der Waals surface area contributed by atoms with Crippen LogP contribution in [-0.2, 0) is 6.54 Å². The van der Waals surface area contributed by atoms with Crippen molar-refractivity contribution in [3.63, 3.8) is 0 Å². The molecule has 0 fully saturated rings. The third kappa shape index (κ3) is 4.40. The van der Waals surface area contributed by atoms with Crippen LogP contribution in [0, 0.1) is 0 Å². The molecule has 10 heteroatoms. The van der Waals surface area contributed by atoms with Gasteiger partial charge >= 0.3 is 12.2 Å². The fourth-order valence-corrected chi connectivity index (χ4v) is 2.90. The number of hydrogen-bond donors (Lipinski definition) is 0. The Balaban J connectivity index is 1.91. The molecule has 25 heavy (non-hydrogen) atoms. The molecule has 0 radical (unpaired) electrons. The van der Waals surface area contributed by atoms with Crippen molar-refractivity contribution in [2.75, 3.05) is 0 Å². The third-order valence-electron chi connectivity index (χ3n) is 3.32. The zero-order valence-corrected chi connectivity index (χ0v) is 14.9. The molecule has 2 heterocycles. The molecule has 0 aliphatic rings. The molecule has 0 spiro atoms. The van der Waals surface area contributed by atoms with Crippen LogP contribution in [0.25, 0.3) is 10.9 Å². The minimum Gasteiger partial charge on any atom is -0.422 e. The quantitative estimate of drug-likeness (QED) is 0.540. The van der Waals surface area contributed by atoms with E-state index in [0.717, 1.165) is 5.39 Å². The molecule has 0 saturated heterocycles. The van der Waals surface area contributed by atoms with Crippen LogP contribution in [-0.4, -0.2) is 25.9 Å². The first-order valence-corrected chi connectivity index (χ1v) is 8.38. The number of fused-ring (bicyclic) bond motifs is 1. The second-order valence-electron chi connectivity index (χ2n) is 5.17. The standard InChI is InChI=1S/C15H11BrClF3N4O/c16-13-10-3-1-4-11(25-14-21-7-9(17)8-22-14)12(10)24(23-13)6-2-5-15(18,19)20/h1,3-4,7-8H,2,5-6H2. The lowest BCUT2D eigenvalue weighted by Crippen LogP contribution is -2.10. The number of ether oxygens (including phenoxy) is 1. The van der Waals surface area contributed by atoms with Crippen molar-refractivity contribution in [1.82, 2.24) is 19.7 Å². The SMILES string of the molecule is FC(F)(F)CCCn1nc(Br)c2cccc(Oc3ncc(Cl)cn3)c21. The second-order valence-corrected chi connectivity index (χ2v) is 6.36. The molecule has 3 rings (SSSR count). The number of halogens is 5. The van der Waals surface area contributed by atoms with Gasteiger partial charge in [0.05, 0.1) is 17.4 Å². The minimum atomic E-state index is -4.20. The van der Waals surface area contributed by atoms with Gasteiger partial charge in [0, 0.05) is 18.4 Å². The topological polar surface area (TPSA) is 52.8 Å². The largest absolute Gasteiger partial charge is 0.422 e. The van der Waals surface area contributed by atoms with Crippen molar-refractivity contribution in [2.24, 2.45) is 0 Å². The van der Waals surface area contributed by atoms with Crippen LogP contribution in [0.15, 0.2) is 35.2 Å². The summed E-state index contributed by atoms with van der Waals surface area (Å²) in [4.78, 5) is 7.91. The van der Waals surface area contributed by atoms with Crippen LogP contribution < -0.4 is 4.74 Å². The van der Waals surface area contributed by atoms with E-state index in [1.807, 2.05) is 0 Å². The van der Waals surface area contributed by atoms with Gasteiger partial charge < -0.3 is 4.74 Å². The molecular formula is C15H11BrClF3N4O. The summed E-state index contributed by atoms with van der Waals surface area (Å²) >= 11 is 9.06. The normalized spacial score (nSPS) is 11.9. The zero-order valence-electron chi connectivity index (χ0n) is 12.6. The summed E-state index contributed by atoms with van der Waals surface area (Å²) in [6.07, 6.45) is -2.38. The smallest absolute Gasteiger partial charge is 0.389 e. The zero-order chi connectivity index (χ0) is 18.0. The summed E-state index contributed by atoms with van der Waals surface area (Å²) in [5.74, 6) is 0.394. The lowest BCUT2D eigenvalue weighted by molar-refractivity contribution is -0.135. The van der Waals surface area contributed by atoms with E-state index in [9.17, 15) is 13.2 Å². The molecule has 5 nitrogen and oxygen atoms in total. The summed E-state index contributed by atoms with van der Waals surface area (Å²) in [5, 5.41) is 5.34. The summed E-state index contributed by atoms with van der Waals surface area (Å²) in [7, 11) is 0. The van der Waals surface area contributed by atoms with Gasteiger partial charge in [0.2, 0.25) is 0 Å². The Morgan fingerprint density at radius 1 is 1.20 bits per heavy atom. The van der Waals surface area contributed by atoms with Crippen LogP contribution in [0.4, 0.5) is 13.2 Å². The predicted molar refractivity (Wildman–Crippen MR) is 89.8 cm³/mol. The van der Waals surface area contributed by atoms with E-state index in [1.54, 1.807) is 18.2 Å². The van der Waals surface area contributed by atoms with E-state index in [-0.39, 0.29) is 19.0 Å². The number of aryl methyl sites for hydroxylation is 1. The van der Waals surface area contributed by atoms with Crippen molar-refractivity contribution < 1.29 is 17.9 Å². The first-order chi connectivity index (χ1) is 11.8. The summed E-state index contributed by atoms with van der Waals surface area (Å²) in [6, 6.07) is 5.30. The molecule has 0 aliphatic carbocycles. The van der Waals surface area contributed by atoms with E-state index in [0.29, 0.717) is 20.9 Å². The van der Waals surface area contributed by atoms with Gasteiger partial charge in [0.1, 0.15) is 10.1 Å². The highest BCUT2D eigenvalue weighted by Crippen LogP contribution is 2.33. The molecule has 132 valence electrons. The van der Waals surface area contributed by atoms with Crippen LogP contribution in [0.2, 0.25) is 5.02 Å². The summed E-state index contributed by atoms with van der Waals surface area (Å²) < 4.78 is 44.8. The number of aromatic nitrogens is 4. The summed E-state index contributed by atoms with van der Waals surface area (Å²) in [5.41, 5.74) is 0.565. The predicted octanol–water partition coefficient (Wildman–Crippen LogP) is 5.38. The lowest BCUT2D eigenvalue weighted by Gasteiger charge is -2.09. The molecule has 0 saturated carbocycles.